The molecular formula is C20H18N2O3S. The van der Waals surface area contributed by atoms with E-state index >= 15 is 0 Å². The van der Waals surface area contributed by atoms with Crippen molar-refractivity contribution in [1.82, 2.24) is 10.2 Å². The predicted molar refractivity (Wildman–Crippen MR) is 103 cm³/mol. The Hall–Kier alpha value is -2.99. The quantitative estimate of drug-likeness (QED) is 0.514. The standard InChI is InChI=1S/C20H18N2O3S/c1-13-6-5-7-14(10-13)12-25-17-9-4-3-8-15(17)11-16-18(23)21-20(26)22(2)19(16)24/h3-11H,12H2,1-2H3,(H,21,23,26)/b16-11+. The second-order valence-corrected chi connectivity index (χ2v) is 6.38. The highest BCUT2D eigenvalue weighted by Gasteiger charge is 2.30. The van der Waals surface area contributed by atoms with Crippen LogP contribution in [0, 0.1) is 6.92 Å². The van der Waals surface area contributed by atoms with Gasteiger partial charge in [-0.3, -0.25) is 19.8 Å². The van der Waals surface area contributed by atoms with Gasteiger partial charge in [-0.25, -0.2) is 0 Å². The number of amides is 2. The van der Waals surface area contributed by atoms with Gasteiger partial charge in [0.25, 0.3) is 11.8 Å². The summed E-state index contributed by atoms with van der Waals surface area (Å²) in [7, 11) is 1.53. The number of nitrogens with zero attached hydrogens (tertiary/aromatic N) is 1. The summed E-state index contributed by atoms with van der Waals surface area (Å²) < 4.78 is 5.91. The van der Waals surface area contributed by atoms with Crippen LogP contribution in [0.2, 0.25) is 0 Å². The number of benzene rings is 2. The largest absolute Gasteiger partial charge is 0.488 e. The number of carbonyl (C=O) groups excluding carboxylic acids is 2. The summed E-state index contributed by atoms with van der Waals surface area (Å²) in [5.74, 6) is -0.350. The third-order valence-corrected chi connectivity index (χ3v) is 4.38. The van der Waals surface area contributed by atoms with Crippen LogP contribution in [0.3, 0.4) is 0 Å². The first kappa shape index (κ1) is 17.8. The van der Waals surface area contributed by atoms with Gasteiger partial charge in [0.1, 0.15) is 17.9 Å². The number of rotatable bonds is 4. The highest BCUT2D eigenvalue weighted by atomic mass is 32.1. The van der Waals surface area contributed by atoms with Crippen molar-refractivity contribution in [2.24, 2.45) is 0 Å². The van der Waals surface area contributed by atoms with Crippen molar-refractivity contribution in [3.05, 3.63) is 70.8 Å². The number of hydrogen-bond donors (Lipinski definition) is 1. The molecule has 2 aromatic rings. The molecule has 132 valence electrons. The molecule has 1 heterocycles. The van der Waals surface area contributed by atoms with Gasteiger partial charge in [-0.1, -0.05) is 48.0 Å². The zero-order chi connectivity index (χ0) is 18.7. The van der Waals surface area contributed by atoms with Gasteiger partial charge < -0.3 is 4.74 Å². The lowest BCUT2D eigenvalue weighted by Crippen LogP contribution is -2.52. The predicted octanol–water partition coefficient (Wildman–Crippen LogP) is 2.83. The average Bonchev–Trinajstić information content (AvgIpc) is 2.62. The number of likely N-dealkylation sites (N-methyl/N-ethyl adjacent to an activating group) is 1. The second-order valence-electron chi connectivity index (χ2n) is 6.00. The molecule has 1 saturated heterocycles. The Morgan fingerprint density at radius 2 is 1.92 bits per heavy atom. The van der Waals surface area contributed by atoms with Crippen molar-refractivity contribution in [3.8, 4) is 5.75 Å². The number of para-hydroxylation sites is 1. The molecule has 6 heteroatoms. The van der Waals surface area contributed by atoms with Crippen molar-refractivity contribution in [3.63, 3.8) is 0 Å². The maximum Gasteiger partial charge on any atom is 0.265 e. The van der Waals surface area contributed by atoms with Gasteiger partial charge in [0.15, 0.2) is 5.11 Å². The van der Waals surface area contributed by atoms with E-state index in [1.807, 2.05) is 43.3 Å². The third kappa shape index (κ3) is 3.81. The molecule has 0 radical (unpaired) electrons. The lowest BCUT2D eigenvalue weighted by molar-refractivity contribution is -0.128. The van der Waals surface area contributed by atoms with Gasteiger partial charge in [-0.2, -0.15) is 0 Å². The summed E-state index contributed by atoms with van der Waals surface area (Å²) in [6.45, 7) is 2.42. The molecule has 26 heavy (non-hydrogen) atoms. The number of hydrogen-bond acceptors (Lipinski definition) is 4. The van der Waals surface area contributed by atoms with Crippen LogP contribution >= 0.6 is 12.2 Å². The minimum absolute atomic E-state index is 0.0210. The molecule has 2 amide bonds. The van der Waals surface area contributed by atoms with E-state index in [-0.39, 0.29) is 10.7 Å². The molecule has 5 nitrogen and oxygen atoms in total. The molecule has 0 unspecified atom stereocenters. The number of thiocarbonyl (C=S) groups is 1. The SMILES string of the molecule is Cc1cccc(COc2ccccc2/C=C2\C(=O)NC(=S)N(C)C2=O)c1. The maximum atomic E-state index is 12.3. The highest BCUT2D eigenvalue weighted by Crippen LogP contribution is 2.23. The van der Waals surface area contributed by atoms with Crippen LogP contribution in [0.5, 0.6) is 5.75 Å². The summed E-state index contributed by atoms with van der Waals surface area (Å²) in [6.07, 6.45) is 1.53. The molecule has 0 bridgehead atoms. The van der Waals surface area contributed by atoms with Crippen LogP contribution in [-0.4, -0.2) is 28.9 Å². The van der Waals surface area contributed by atoms with Gasteiger partial charge in [0, 0.05) is 12.6 Å². The van der Waals surface area contributed by atoms with Crippen LogP contribution in [-0.2, 0) is 16.2 Å². The Balaban J connectivity index is 1.86. The lowest BCUT2D eigenvalue weighted by Gasteiger charge is -2.25. The van der Waals surface area contributed by atoms with E-state index in [1.54, 1.807) is 6.07 Å². The molecule has 2 aromatic carbocycles. The molecule has 1 aliphatic rings. The Labute approximate surface area is 157 Å². The molecule has 0 aliphatic carbocycles. The minimum atomic E-state index is -0.508. The van der Waals surface area contributed by atoms with E-state index in [9.17, 15) is 9.59 Å². The van der Waals surface area contributed by atoms with Crippen molar-refractivity contribution >= 4 is 35.2 Å². The van der Waals surface area contributed by atoms with Crippen LogP contribution in [0.1, 0.15) is 16.7 Å². The van der Waals surface area contributed by atoms with Crippen molar-refractivity contribution < 1.29 is 14.3 Å². The van der Waals surface area contributed by atoms with Crippen LogP contribution < -0.4 is 10.1 Å². The van der Waals surface area contributed by atoms with E-state index < -0.39 is 11.8 Å². The monoisotopic (exact) mass is 366 g/mol. The number of carbonyl (C=O) groups is 2. The maximum absolute atomic E-state index is 12.3. The first-order valence-electron chi connectivity index (χ1n) is 8.08. The van der Waals surface area contributed by atoms with Crippen molar-refractivity contribution in [2.75, 3.05) is 7.05 Å². The van der Waals surface area contributed by atoms with Crippen LogP contribution in [0.25, 0.3) is 6.08 Å². The summed E-state index contributed by atoms with van der Waals surface area (Å²) in [5.41, 5.74) is 2.88. The zero-order valence-electron chi connectivity index (χ0n) is 14.5. The van der Waals surface area contributed by atoms with Gasteiger partial charge >= 0.3 is 0 Å². The van der Waals surface area contributed by atoms with E-state index in [1.165, 1.54) is 18.0 Å². The molecule has 0 atom stereocenters. The van der Waals surface area contributed by atoms with E-state index in [0.29, 0.717) is 17.9 Å². The van der Waals surface area contributed by atoms with E-state index in [4.69, 9.17) is 17.0 Å². The first-order valence-corrected chi connectivity index (χ1v) is 8.49. The molecule has 0 aromatic heterocycles. The topological polar surface area (TPSA) is 58.6 Å². The molecule has 3 rings (SSSR count). The number of aryl methyl sites for hydroxylation is 1. The molecular weight excluding hydrogens is 348 g/mol. The number of ether oxygens (including phenoxy) is 1. The summed E-state index contributed by atoms with van der Waals surface area (Å²) in [5, 5.41) is 2.60. The average molecular weight is 366 g/mol. The third-order valence-electron chi connectivity index (χ3n) is 4.00. The van der Waals surface area contributed by atoms with E-state index in [0.717, 1.165) is 11.1 Å². The normalized spacial score (nSPS) is 16.0. The van der Waals surface area contributed by atoms with Crippen molar-refractivity contribution in [2.45, 2.75) is 13.5 Å². The van der Waals surface area contributed by atoms with Gasteiger partial charge in [0.05, 0.1) is 0 Å². The molecule has 1 fully saturated rings. The Morgan fingerprint density at radius 1 is 1.15 bits per heavy atom. The van der Waals surface area contributed by atoms with Gasteiger partial charge in [-0.15, -0.1) is 0 Å². The smallest absolute Gasteiger partial charge is 0.265 e. The number of nitrogens with one attached hydrogen (secondary N) is 1. The fraction of sp³-hybridized carbons (Fsp3) is 0.150. The summed E-state index contributed by atoms with van der Waals surface area (Å²) >= 11 is 4.95. The summed E-state index contributed by atoms with van der Waals surface area (Å²) in [6, 6.07) is 15.3. The second kappa shape index (κ2) is 7.49. The van der Waals surface area contributed by atoms with Gasteiger partial charge in [0.2, 0.25) is 0 Å². The fourth-order valence-electron chi connectivity index (χ4n) is 2.60. The summed E-state index contributed by atoms with van der Waals surface area (Å²) in [4.78, 5) is 25.7. The minimum Gasteiger partial charge on any atom is -0.488 e. The first-order chi connectivity index (χ1) is 12.5. The highest BCUT2D eigenvalue weighted by molar-refractivity contribution is 7.80. The van der Waals surface area contributed by atoms with Gasteiger partial charge in [-0.05, 0) is 36.8 Å². The molecule has 1 aliphatic heterocycles. The van der Waals surface area contributed by atoms with Crippen LogP contribution in [0.15, 0.2) is 54.1 Å². The fourth-order valence-corrected chi connectivity index (χ4v) is 2.77. The molecule has 0 saturated carbocycles. The molecule has 0 spiro atoms. The Kier molecular flexibility index (Phi) is 5.14. The Morgan fingerprint density at radius 3 is 2.69 bits per heavy atom. The van der Waals surface area contributed by atoms with E-state index in [2.05, 4.69) is 11.4 Å². The zero-order valence-corrected chi connectivity index (χ0v) is 15.3. The lowest BCUT2D eigenvalue weighted by atomic mass is 10.1. The van der Waals surface area contributed by atoms with Crippen LogP contribution in [0.4, 0.5) is 0 Å². The Bertz CT molecular complexity index is 921. The molecule has 1 N–H and O–H groups in total. The van der Waals surface area contributed by atoms with Crippen molar-refractivity contribution in [1.29, 1.82) is 0 Å².